The van der Waals surface area contributed by atoms with Crippen molar-refractivity contribution in [2.45, 2.75) is 25.3 Å². The van der Waals surface area contributed by atoms with E-state index in [9.17, 15) is 14.9 Å². The summed E-state index contributed by atoms with van der Waals surface area (Å²) >= 11 is 5.73. The lowest BCUT2D eigenvalue weighted by molar-refractivity contribution is -0.385. The Morgan fingerprint density at radius 2 is 2.26 bits per heavy atom. The molecule has 1 fully saturated rings. The summed E-state index contributed by atoms with van der Waals surface area (Å²) in [4.78, 5) is 24.1. The zero-order chi connectivity index (χ0) is 16.1. The number of carbonyl (C=O) groups excluding carboxylic acids is 1. The van der Waals surface area contributed by atoms with Crippen LogP contribution in [0.4, 0.5) is 5.69 Å². The number of ether oxygens (including phenoxy) is 1. The molecule has 1 saturated heterocycles. The maximum Gasteiger partial charge on any atom is 0.312 e. The van der Waals surface area contributed by atoms with Gasteiger partial charge in [0.25, 0.3) is 0 Å². The first-order valence-corrected chi connectivity index (χ1v) is 7.45. The van der Waals surface area contributed by atoms with Crippen molar-refractivity contribution in [2.75, 3.05) is 19.7 Å². The van der Waals surface area contributed by atoms with Crippen molar-refractivity contribution < 1.29 is 14.5 Å². The van der Waals surface area contributed by atoms with E-state index in [-0.39, 0.29) is 53.8 Å². The van der Waals surface area contributed by atoms with Crippen LogP contribution in [0.1, 0.15) is 19.3 Å². The largest absolute Gasteiger partial charge is 0.486 e. The van der Waals surface area contributed by atoms with Crippen molar-refractivity contribution in [3.05, 3.63) is 33.3 Å². The van der Waals surface area contributed by atoms with Crippen LogP contribution in [-0.4, -0.2) is 41.5 Å². The number of rotatable bonds is 5. The van der Waals surface area contributed by atoms with Crippen molar-refractivity contribution in [3.63, 3.8) is 0 Å². The van der Waals surface area contributed by atoms with Crippen molar-refractivity contribution in [1.29, 1.82) is 0 Å². The molecule has 2 rings (SSSR count). The highest BCUT2D eigenvalue weighted by Gasteiger charge is 2.21. The third-order valence-electron chi connectivity index (χ3n) is 3.50. The Balaban J connectivity index is 0.00000264. The molecule has 0 aliphatic carbocycles. The molecule has 0 aromatic heterocycles. The zero-order valence-corrected chi connectivity index (χ0v) is 14.0. The van der Waals surface area contributed by atoms with Gasteiger partial charge in [-0.05, 0) is 25.0 Å². The van der Waals surface area contributed by atoms with Gasteiger partial charge in [0.1, 0.15) is 0 Å². The van der Waals surface area contributed by atoms with Gasteiger partial charge in [-0.15, -0.1) is 12.4 Å². The van der Waals surface area contributed by atoms with Gasteiger partial charge in [0, 0.05) is 30.2 Å². The number of nitro groups is 1. The molecule has 23 heavy (non-hydrogen) atoms. The SMILES string of the molecule is Cl.NC1CCCN(C(=O)CCOc2ccc(Cl)cc2[N+](=O)[O-])C1. The van der Waals surface area contributed by atoms with E-state index >= 15 is 0 Å². The first-order chi connectivity index (χ1) is 10.5. The molecule has 1 amide bonds. The number of amides is 1. The minimum absolute atomic E-state index is 0. The summed E-state index contributed by atoms with van der Waals surface area (Å²) in [6.07, 6.45) is 1.99. The zero-order valence-electron chi connectivity index (χ0n) is 12.4. The molecule has 1 heterocycles. The Kier molecular flexibility index (Phi) is 7.54. The molecule has 0 radical (unpaired) electrons. The number of nitrogens with zero attached hydrogens (tertiary/aromatic N) is 2. The van der Waals surface area contributed by atoms with Gasteiger partial charge in [-0.2, -0.15) is 0 Å². The average molecular weight is 364 g/mol. The van der Waals surface area contributed by atoms with E-state index in [1.807, 2.05) is 0 Å². The number of nitro benzene ring substituents is 1. The highest BCUT2D eigenvalue weighted by Crippen LogP contribution is 2.29. The van der Waals surface area contributed by atoms with Crippen LogP contribution in [0.2, 0.25) is 5.02 Å². The summed E-state index contributed by atoms with van der Waals surface area (Å²) in [5.41, 5.74) is 5.63. The predicted octanol–water partition coefficient (Wildman–Crippen LogP) is 2.39. The van der Waals surface area contributed by atoms with Crippen LogP contribution in [0.15, 0.2) is 18.2 Å². The molecule has 1 unspecified atom stereocenters. The highest BCUT2D eigenvalue weighted by molar-refractivity contribution is 6.30. The van der Waals surface area contributed by atoms with E-state index in [0.29, 0.717) is 13.1 Å². The van der Waals surface area contributed by atoms with E-state index in [4.69, 9.17) is 22.1 Å². The number of hydrogen-bond acceptors (Lipinski definition) is 5. The van der Waals surface area contributed by atoms with Gasteiger partial charge in [-0.3, -0.25) is 14.9 Å². The minimum atomic E-state index is -0.563. The first-order valence-electron chi connectivity index (χ1n) is 7.07. The minimum Gasteiger partial charge on any atom is -0.486 e. The monoisotopic (exact) mass is 363 g/mol. The molecular formula is C14H19Cl2N3O4. The molecule has 0 bridgehead atoms. The van der Waals surface area contributed by atoms with Crippen molar-refractivity contribution in [3.8, 4) is 5.75 Å². The van der Waals surface area contributed by atoms with Crippen molar-refractivity contribution >= 4 is 35.6 Å². The third kappa shape index (κ3) is 5.53. The van der Waals surface area contributed by atoms with Crippen LogP contribution in [0.3, 0.4) is 0 Å². The van der Waals surface area contributed by atoms with Crippen LogP contribution in [0, 0.1) is 10.1 Å². The van der Waals surface area contributed by atoms with Gasteiger partial charge in [0.05, 0.1) is 18.0 Å². The smallest absolute Gasteiger partial charge is 0.312 e. The molecule has 1 aromatic carbocycles. The number of piperidine rings is 1. The molecule has 1 aromatic rings. The van der Waals surface area contributed by atoms with Gasteiger partial charge in [0.2, 0.25) is 5.91 Å². The summed E-state index contributed by atoms with van der Waals surface area (Å²) in [5.74, 6) is 0.0595. The van der Waals surface area contributed by atoms with Gasteiger partial charge < -0.3 is 15.4 Å². The van der Waals surface area contributed by atoms with E-state index in [1.165, 1.54) is 18.2 Å². The third-order valence-corrected chi connectivity index (χ3v) is 3.74. The molecule has 128 valence electrons. The summed E-state index contributed by atoms with van der Waals surface area (Å²) < 4.78 is 5.36. The Hall–Kier alpha value is -1.57. The Bertz CT molecular complexity index is 571. The molecule has 1 aliphatic heterocycles. The quantitative estimate of drug-likeness (QED) is 0.639. The summed E-state index contributed by atoms with van der Waals surface area (Å²) in [7, 11) is 0. The fourth-order valence-corrected chi connectivity index (χ4v) is 2.56. The second kappa shape index (κ2) is 8.90. The number of nitrogens with two attached hydrogens (primary N) is 1. The molecule has 1 aliphatic rings. The maximum atomic E-state index is 12.0. The lowest BCUT2D eigenvalue weighted by Crippen LogP contribution is -2.46. The fraction of sp³-hybridized carbons (Fsp3) is 0.500. The molecule has 1 atom stereocenters. The van der Waals surface area contributed by atoms with Crippen LogP contribution >= 0.6 is 24.0 Å². The number of hydrogen-bond donors (Lipinski definition) is 1. The highest BCUT2D eigenvalue weighted by atomic mass is 35.5. The Morgan fingerprint density at radius 3 is 2.91 bits per heavy atom. The summed E-state index contributed by atoms with van der Waals surface area (Å²) in [5, 5.41) is 11.2. The lowest BCUT2D eigenvalue weighted by atomic mass is 10.1. The first kappa shape index (κ1) is 19.5. The second-order valence-electron chi connectivity index (χ2n) is 5.21. The average Bonchev–Trinajstić information content (AvgIpc) is 2.48. The molecule has 2 N–H and O–H groups in total. The predicted molar refractivity (Wildman–Crippen MR) is 89.3 cm³/mol. The van der Waals surface area contributed by atoms with Gasteiger partial charge in [-0.1, -0.05) is 11.6 Å². The topological polar surface area (TPSA) is 98.7 Å². The molecular weight excluding hydrogens is 345 g/mol. The van der Waals surface area contributed by atoms with Gasteiger partial charge in [-0.25, -0.2) is 0 Å². The second-order valence-corrected chi connectivity index (χ2v) is 5.65. The number of benzene rings is 1. The van der Waals surface area contributed by atoms with Crippen LogP contribution < -0.4 is 10.5 Å². The van der Waals surface area contributed by atoms with Crippen LogP contribution in [0.5, 0.6) is 5.75 Å². The van der Waals surface area contributed by atoms with Crippen LogP contribution in [0.25, 0.3) is 0 Å². The van der Waals surface area contributed by atoms with E-state index in [0.717, 1.165) is 12.8 Å². The maximum absolute atomic E-state index is 12.0. The number of likely N-dealkylation sites (tertiary alicyclic amines) is 1. The normalized spacial score (nSPS) is 17.3. The standard InChI is InChI=1S/C14H18ClN3O4.ClH/c15-10-3-4-13(12(8-10)18(20)21)22-7-5-14(19)17-6-1-2-11(16)9-17;/h3-4,8,11H,1-2,5-7,9,16H2;1H. The van der Waals surface area contributed by atoms with E-state index < -0.39 is 4.92 Å². The number of halogens is 2. The number of carbonyl (C=O) groups is 1. The van der Waals surface area contributed by atoms with E-state index in [1.54, 1.807) is 4.90 Å². The Morgan fingerprint density at radius 1 is 1.52 bits per heavy atom. The molecule has 0 spiro atoms. The molecule has 9 heteroatoms. The molecule has 0 saturated carbocycles. The van der Waals surface area contributed by atoms with Crippen molar-refractivity contribution in [2.24, 2.45) is 5.73 Å². The summed E-state index contributed by atoms with van der Waals surface area (Å²) in [6, 6.07) is 4.19. The Labute approximate surface area is 145 Å². The summed E-state index contributed by atoms with van der Waals surface area (Å²) in [6.45, 7) is 1.33. The lowest BCUT2D eigenvalue weighted by Gasteiger charge is -2.30. The molecule has 7 nitrogen and oxygen atoms in total. The van der Waals surface area contributed by atoms with Crippen LogP contribution in [-0.2, 0) is 4.79 Å². The van der Waals surface area contributed by atoms with E-state index in [2.05, 4.69) is 0 Å². The van der Waals surface area contributed by atoms with Gasteiger partial charge in [0.15, 0.2) is 5.75 Å². The fourth-order valence-electron chi connectivity index (χ4n) is 2.40. The van der Waals surface area contributed by atoms with Crippen molar-refractivity contribution in [1.82, 2.24) is 4.90 Å². The van der Waals surface area contributed by atoms with Gasteiger partial charge >= 0.3 is 5.69 Å².